The zero-order chi connectivity index (χ0) is 15.4. The number of hydrogen-bond donors (Lipinski definition) is 2. The highest BCUT2D eigenvalue weighted by Gasteiger charge is 2.12. The molecule has 1 aromatic heterocycles. The molecule has 2 N–H and O–H groups in total. The summed E-state index contributed by atoms with van der Waals surface area (Å²) in [5.74, 6) is -0.659. The molecule has 6 heteroatoms. The number of carbonyl (C=O) groups is 2. The quantitative estimate of drug-likeness (QED) is 0.915. The third-order valence-corrected chi connectivity index (χ3v) is 3.15. The van der Waals surface area contributed by atoms with Crippen LogP contribution in [-0.2, 0) is 0 Å². The van der Waals surface area contributed by atoms with Gasteiger partial charge in [0.25, 0.3) is 11.8 Å². The van der Waals surface area contributed by atoms with E-state index >= 15 is 0 Å². The zero-order valence-corrected chi connectivity index (χ0v) is 12.4. The summed E-state index contributed by atoms with van der Waals surface area (Å²) in [7, 11) is 1.51. The van der Waals surface area contributed by atoms with Crippen LogP contribution >= 0.6 is 11.6 Å². The largest absolute Gasteiger partial charge is 0.355 e. The molecule has 0 saturated heterocycles. The monoisotopic (exact) mass is 303 g/mol. The number of aromatic nitrogens is 1. The highest BCUT2D eigenvalue weighted by Crippen LogP contribution is 2.21. The lowest BCUT2D eigenvalue weighted by molar-refractivity contribution is 0.0961. The topological polar surface area (TPSA) is 71.1 Å². The van der Waals surface area contributed by atoms with E-state index in [1.54, 1.807) is 24.3 Å². The highest BCUT2D eigenvalue weighted by atomic mass is 35.5. The van der Waals surface area contributed by atoms with E-state index in [1.165, 1.54) is 13.1 Å². The average molecular weight is 304 g/mol. The van der Waals surface area contributed by atoms with Crippen molar-refractivity contribution in [3.05, 3.63) is 58.4 Å². The molecule has 0 aliphatic rings. The first-order chi connectivity index (χ1) is 10.0. The van der Waals surface area contributed by atoms with Gasteiger partial charge in [0.15, 0.2) is 0 Å². The Kier molecular flexibility index (Phi) is 4.55. The van der Waals surface area contributed by atoms with Crippen molar-refractivity contribution in [2.45, 2.75) is 6.92 Å². The predicted molar refractivity (Wildman–Crippen MR) is 81.8 cm³/mol. The lowest BCUT2D eigenvalue weighted by Gasteiger charge is -2.08. The van der Waals surface area contributed by atoms with Gasteiger partial charge < -0.3 is 10.6 Å². The number of hydrogen-bond acceptors (Lipinski definition) is 3. The molecule has 0 fully saturated rings. The van der Waals surface area contributed by atoms with Crippen molar-refractivity contribution in [2.24, 2.45) is 0 Å². The summed E-state index contributed by atoms with van der Waals surface area (Å²) in [6.07, 6.45) is 0. The smallest absolute Gasteiger partial charge is 0.274 e. The van der Waals surface area contributed by atoms with Crippen molar-refractivity contribution in [3.63, 3.8) is 0 Å². The van der Waals surface area contributed by atoms with Gasteiger partial charge in [-0.1, -0.05) is 17.7 Å². The van der Waals surface area contributed by atoms with Crippen molar-refractivity contribution in [2.75, 3.05) is 12.4 Å². The standard InChI is InChI=1S/C15H14ClN3O2/c1-9-4-3-5-13(18-9)15(21)19-10-6-7-12(16)11(8-10)14(20)17-2/h3-8H,1-2H3,(H,17,20)(H,19,21). The molecule has 0 atom stereocenters. The van der Waals surface area contributed by atoms with Crippen LogP contribution in [0, 0.1) is 6.92 Å². The van der Waals surface area contributed by atoms with Crippen LogP contribution < -0.4 is 10.6 Å². The van der Waals surface area contributed by atoms with Gasteiger partial charge >= 0.3 is 0 Å². The van der Waals surface area contributed by atoms with E-state index in [1.807, 2.05) is 13.0 Å². The lowest BCUT2D eigenvalue weighted by Crippen LogP contribution is -2.19. The molecule has 1 heterocycles. The second-order valence-electron chi connectivity index (χ2n) is 4.39. The van der Waals surface area contributed by atoms with Gasteiger partial charge in [-0.15, -0.1) is 0 Å². The predicted octanol–water partition coefficient (Wildman–Crippen LogP) is 2.66. The summed E-state index contributed by atoms with van der Waals surface area (Å²) in [6.45, 7) is 1.81. The van der Waals surface area contributed by atoms with E-state index in [2.05, 4.69) is 15.6 Å². The first kappa shape index (κ1) is 15.0. The fourth-order valence-corrected chi connectivity index (χ4v) is 1.98. The molecule has 0 aliphatic carbocycles. The highest BCUT2D eigenvalue weighted by molar-refractivity contribution is 6.34. The van der Waals surface area contributed by atoms with E-state index in [9.17, 15) is 9.59 Å². The first-order valence-corrected chi connectivity index (χ1v) is 6.65. The van der Waals surface area contributed by atoms with Gasteiger partial charge in [-0.3, -0.25) is 9.59 Å². The molecule has 0 bridgehead atoms. The molecule has 21 heavy (non-hydrogen) atoms. The average Bonchev–Trinajstić information content (AvgIpc) is 2.48. The maximum absolute atomic E-state index is 12.1. The zero-order valence-electron chi connectivity index (χ0n) is 11.6. The number of aryl methyl sites for hydroxylation is 1. The SMILES string of the molecule is CNC(=O)c1cc(NC(=O)c2cccc(C)n2)ccc1Cl. The molecule has 0 aliphatic heterocycles. The summed E-state index contributed by atoms with van der Waals surface area (Å²) in [6, 6.07) is 9.90. The molecule has 1 aromatic carbocycles. The Balaban J connectivity index is 2.24. The van der Waals surface area contributed by atoms with Crippen molar-refractivity contribution < 1.29 is 9.59 Å². The number of benzene rings is 1. The first-order valence-electron chi connectivity index (χ1n) is 6.28. The van der Waals surface area contributed by atoms with Crippen molar-refractivity contribution >= 4 is 29.1 Å². The molecule has 0 radical (unpaired) electrons. The minimum Gasteiger partial charge on any atom is -0.355 e. The molecular weight excluding hydrogens is 290 g/mol. The van der Waals surface area contributed by atoms with Gasteiger partial charge in [-0.2, -0.15) is 0 Å². The number of nitrogens with zero attached hydrogens (tertiary/aromatic N) is 1. The van der Waals surface area contributed by atoms with Crippen LogP contribution in [0.4, 0.5) is 5.69 Å². The number of rotatable bonds is 3. The van der Waals surface area contributed by atoms with Crippen LogP contribution in [0.3, 0.4) is 0 Å². The number of pyridine rings is 1. The van der Waals surface area contributed by atoms with Crippen molar-refractivity contribution in [1.82, 2.24) is 10.3 Å². The molecule has 0 unspecified atom stereocenters. The van der Waals surface area contributed by atoms with Gasteiger partial charge in [0.2, 0.25) is 0 Å². The van der Waals surface area contributed by atoms with Crippen molar-refractivity contribution in [1.29, 1.82) is 0 Å². The van der Waals surface area contributed by atoms with Gasteiger partial charge in [-0.25, -0.2) is 4.98 Å². The molecule has 2 amide bonds. The Bertz CT molecular complexity index is 701. The molecule has 2 aromatic rings. The third kappa shape index (κ3) is 3.58. The van der Waals surface area contributed by atoms with Gasteiger partial charge in [0.1, 0.15) is 5.69 Å². The molecule has 2 rings (SSSR count). The van der Waals surface area contributed by atoms with E-state index < -0.39 is 0 Å². The molecule has 0 spiro atoms. The normalized spacial score (nSPS) is 10.0. The van der Waals surface area contributed by atoms with Gasteiger partial charge in [0, 0.05) is 18.4 Å². The number of halogens is 1. The van der Waals surface area contributed by atoms with E-state index in [4.69, 9.17) is 11.6 Å². The minimum absolute atomic E-state index is 0.300. The summed E-state index contributed by atoms with van der Waals surface area (Å²) in [4.78, 5) is 27.9. The fourth-order valence-electron chi connectivity index (χ4n) is 1.78. The Morgan fingerprint density at radius 3 is 2.57 bits per heavy atom. The maximum Gasteiger partial charge on any atom is 0.274 e. The Labute approximate surface area is 127 Å². The van der Waals surface area contributed by atoms with E-state index in [-0.39, 0.29) is 11.8 Å². The summed E-state index contributed by atoms with van der Waals surface area (Å²) in [5, 5.41) is 5.51. The van der Waals surface area contributed by atoms with Crippen LogP contribution in [0.1, 0.15) is 26.5 Å². The van der Waals surface area contributed by atoms with Crippen LogP contribution in [-0.4, -0.2) is 23.8 Å². The molecule has 0 saturated carbocycles. The maximum atomic E-state index is 12.1. The summed E-state index contributed by atoms with van der Waals surface area (Å²) in [5.41, 5.74) is 1.84. The van der Waals surface area contributed by atoms with Crippen LogP contribution in [0.5, 0.6) is 0 Å². The number of carbonyl (C=O) groups excluding carboxylic acids is 2. The second kappa shape index (κ2) is 6.37. The Morgan fingerprint density at radius 2 is 1.90 bits per heavy atom. The summed E-state index contributed by atoms with van der Waals surface area (Å²) < 4.78 is 0. The number of amides is 2. The van der Waals surface area contributed by atoms with Gasteiger partial charge in [-0.05, 0) is 37.3 Å². The second-order valence-corrected chi connectivity index (χ2v) is 4.80. The minimum atomic E-state index is -0.344. The van der Waals surface area contributed by atoms with Crippen LogP contribution in [0.25, 0.3) is 0 Å². The lowest BCUT2D eigenvalue weighted by atomic mass is 10.2. The van der Waals surface area contributed by atoms with Crippen LogP contribution in [0.2, 0.25) is 5.02 Å². The van der Waals surface area contributed by atoms with E-state index in [0.717, 1.165) is 5.69 Å². The van der Waals surface area contributed by atoms with Crippen molar-refractivity contribution in [3.8, 4) is 0 Å². The van der Waals surface area contributed by atoms with E-state index in [0.29, 0.717) is 22.0 Å². The molecule has 108 valence electrons. The number of nitrogens with one attached hydrogen (secondary N) is 2. The van der Waals surface area contributed by atoms with Gasteiger partial charge in [0.05, 0.1) is 10.6 Å². The summed E-state index contributed by atoms with van der Waals surface area (Å²) >= 11 is 5.96. The third-order valence-electron chi connectivity index (χ3n) is 2.82. The molecule has 5 nitrogen and oxygen atoms in total. The molecular formula is C15H14ClN3O2. The Hall–Kier alpha value is -2.40. The van der Waals surface area contributed by atoms with Crippen LogP contribution in [0.15, 0.2) is 36.4 Å². The Morgan fingerprint density at radius 1 is 1.14 bits per heavy atom. The number of anilines is 1. The fraction of sp³-hybridized carbons (Fsp3) is 0.133.